The number of hydrogen-bond acceptors (Lipinski definition) is 4. The van der Waals surface area contributed by atoms with Gasteiger partial charge in [-0.05, 0) is 25.5 Å². The summed E-state index contributed by atoms with van der Waals surface area (Å²) >= 11 is 0. The summed E-state index contributed by atoms with van der Waals surface area (Å²) in [5.41, 5.74) is 6.45. The van der Waals surface area contributed by atoms with Crippen LogP contribution in [0.2, 0.25) is 0 Å². The lowest BCUT2D eigenvalue weighted by Gasteiger charge is -2.18. The van der Waals surface area contributed by atoms with E-state index < -0.39 is 0 Å². The third kappa shape index (κ3) is 3.71. The first kappa shape index (κ1) is 14.8. The minimum Gasteiger partial charge on any atom is -0.490 e. The summed E-state index contributed by atoms with van der Waals surface area (Å²) < 4.78 is 10.9. The quantitative estimate of drug-likeness (QED) is 0.796. The van der Waals surface area contributed by atoms with Crippen LogP contribution in [0.25, 0.3) is 0 Å². The molecule has 0 bridgehead atoms. The fourth-order valence-electron chi connectivity index (χ4n) is 2.27. The smallest absolute Gasteiger partial charge is 0.257 e. The molecule has 0 saturated carbocycles. The number of para-hydroxylation sites is 1. The molecule has 1 heterocycles. The first-order valence-electron chi connectivity index (χ1n) is 7.06. The van der Waals surface area contributed by atoms with E-state index in [1.165, 1.54) is 0 Å². The number of ether oxygens (including phenoxy) is 2. The topological polar surface area (TPSA) is 64.8 Å². The van der Waals surface area contributed by atoms with Gasteiger partial charge in [0.25, 0.3) is 5.91 Å². The molecule has 1 aliphatic rings. The van der Waals surface area contributed by atoms with Crippen LogP contribution in [0.3, 0.4) is 0 Å². The number of carbonyl (C=O) groups is 1. The van der Waals surface area contributed by atoms with E-state index in [2.05, 4.69) is 0 Å². The molecular weight excluding hydrogens is 256 g/mol. The molecule has 110 valence electrons. The van der Waals surface area contributed by atoms with Crippen LogP contribution in [0.15, 0.2) is 24.3 Å². The predicted octanol–water partition coefficient (Wildman–Crippen LogP) is 1.28. The van der Waals surface area contributed by atoms with E-state index >= 15 is 0 Å². The molecule has 1 aromatic rings. The summed E-state index contributed by atoms with van der Waals surface area (Å²) in [6, 6.07) is 7.41. The fourth-order valence-corrected chi connectivity index (χ4v) is 2.27. The maximum Gasteiger partial charge on any atom is 0.257 e. The first-order chi connectivity index (χ1) is 9.72. The van der Waals surface area contributed by atoms with Crippen molar-refractivity contribution < 1.29 is 14.3 Å². The molecule has 1 fully saturated rings. The number of amides is 1. The zero-order valence-corrected chi connectivity index (χ0v) is 11.9. The predicted molar refractivity (Wildman–Crippen MR) is 76.9 cm³/mol. The van der Waals surface area contributed by atoms with Gasteiger partial charge in [0.1, 0.15) is 12.4 Å². The molecule has 0 aliphatic carbocycles. The van der Waals surface area contributed by atoms with E-state index in [0.29, 0.717) is 44.2 Å². The van der Waals surface area contributed by atoms with Crippen molar-refractivity contribution >= 4 is 5.91 Å². The number of likely N-dealkylation sites (tertiary alicyclic amines) is 1. The summed E-state index contributed by atoms with van der Waals surface area (Å²) in [6.45, 7) is 4.90. The zero-order valence-electron chi connectivity index (χ0n) is 11.9. The minimum atomic E-state index is -0.00930. The van der Waals surface area contributed by atoms with Gasteiger partial charge in [-0.25, -0.2) is 0 Å². The Morgan fingerprint density at radius 2 is 2.20 bits per heavy atom. The third-order valence-electron chi connectivity index (χ3n) is 3.32. The summed E-state index contributed by atoms with van der Waals surface area (Å²) in [4.78, 5) is 14.2. The Labute approximate surface area is 119 Å². The minimum absolute atomic E-state index is 0.00930. The molecule has 2 N–H and O–H groups in total. The first-order valence-corrected chi connectivity index (χ1v) is 7.06. The van der Waals surface area contributed by atoms with Crippen molar-refractivity contribution in [2.45, 2.75) is 19.4 Å². The molecule has 2 rings (SSSR count). The third-order valence-corrected chi connectivity index (χ3v) is 3.32. The number of rotatable bonds is 6. The normalized spacial score (nSPS) is 18.3. The molecule has 1 aliphatic heterocycles. The monoisotopic (exact) mass is 278 g/mol. The van der Waals surface area contributed by atoms with E-state index in [1.54, 1.807) is 11.0 Å². The van der Waals surface area contributed by atoms with Gasteiger partial charge in [0.2, 0.25) is 0 Å². The molecule has 0 radical (unpaired) electrons. The van der Waals surface area contributed by atoms with Crippen LogP contribution in [0, 0.1) is 0 Å². The van der Waals surface area contributed by atoms with Gasteiger partial charge < -0.3 is 20.1 Å². The molecule has 20 heavy (non-hydrogen) atoms. The Hall–Kier alpha value is -1.59. The molecule has 0 unspecified atom stereocenters. The van der Waals surface area contributed by atoms with Crippen molar-refractivity contribution in [3.8, 4) is 5.75 Å². The summed E-state index contributed by atoms with van der Waals surface area (Å²) in [6.07, 6.45) is 0.860. The highest BCUT2D eigenvalue weighted by Gasteiger charge is 2.26. The van der Waals surface area contributed by atoms with Crippen LogP contribution in [0.1, 0.15) is 23.7 Å². The van der Waals surface area contributed by atoms with Crippen LogP contribution >= 0.6 is 0 Å². The lowest BCUT2D eigenvalue weighted by atomic mass is 10.2. The summed E-state index contributed by atoms with van der Waals surface area (Å²) in [5, 5.41) is 0. The highest BCUT2D eigenvalue weighted by Crippen LogP contribution is 2.21. The van der Waals surface area contributed by atoms with Gasteiger partial charge in [-0.1, -0.05) is 12.1 Å². The fraction of sp³-hybridized carbons (Fsp3) is 0.533. The standard InChI is InChI=1S/C15H22N2O3/c1-2-19-9-10-20-14-6-4-3-5-13(14)15(18)17-8-7-12(16)11-17/h3-6,12H,2,7-11,16H2,1H3/t12-/m1/s1. The van der Waals surface area contributed by atoms with Gasteiger partial charge in [-0.15, -0.1) is 0 Å². The lowest BCUT2D eigenvalue weighted by Crippen LogP contribution is -2.32. The van der Waals surface area contributed by atoms with Gasteiger partial charge >= 0.3 is 0 Å². The number of hydrogen-bond donors (Lipinski definition) is 1. The molecule has 1 atom stereocenters. The SMILES string of the molecule is CCOCCOc1ccccc1C(=O)N1CC[C@@H](N)C1. The molecule has 1 amide bonds. The number of carbonyl (C=O) groups excluding carboxylic acids is 1. The Kier molecular flexibility index (Phi) is 5.38. The van der Waals surface area contributed by atoms with Crippen molar-refractivity contribution in [2.75, 3.05) is 32.9 Å². The van der Waals surface area contributed by atoms with E-state index in [4.69, 9.17) is 15.2 Å². The van der Waals surface area contributed by atoms with Crippen molar-refractivity contribution in [3.63, 3.8) is 0 Å². The maximum absolute atomic E-state index is 12.5. The van der Waals surface area contributed by atoms with Crippen LogP contribution in [0.5, 0.6) is 5.75 Å². The molecular formula is C15H22N2O3. The van der Waals surface area contributed by atoms with Crippen LogP contribution in [-0.2, 0) is 4.74 Å². The largest absolute Gasteiger partial charge is 0.490 e. The van der Waals surface area contributed by atoms with E-state index in [9.17, 15) is 4.79 Å². The van der Waals surface area contributed by atoms with Crippen LogP contribution < -0.4 is 10.5 Å². The Morgan fingerprint density at radius 3 is 2.90 bits per heavy atom. The highest BCUT2D eigenvalue weighted by atomic mass is 16.5. The van der Waals surface area contributed by atoms with Gasteiger partial charge in [0, 0.05) is 25.7 Å². The van der Waals surface area contributed by atoms with Gasteiger partial charge in [0.05, 0.1) is 12.2 Å². The van der Waals surface area contributed by atoms with E-state index in [1.807, 2.05) is 25.1 Å². The molecule has 0 spiro atoms. The zero-order chi connectivity index (χ0) is 14.4. The van der Waals surface area contributed by atoms with Crippen LogP contribution in [-0.4, -0.2) is 49.8 Å². The van der Waals surface area contributed by atoms with Gasteiger partial charge in [-0.2, -0.15) is 0 Å². The second-order valence-electron chi connectivity index (χ2n) is 4.84. The maximum atomic E-state index is 12.5. The average molecular weight is 278 g/mol. The van der Waals surface area contributed by atoms with E-state index in [0.717, 1.165) is 6.42 Å². The molecule has 5 nitrogen and oxygen atoms in total. The molecule has 0 aromatic heterocycles. The highest BCUT2D eigenvalue weighted by molar-refractivity contribution is 5.97. The Bertz CT molecular complexity index is 450. The second kappa shape index (κ2) is 7.26. The molecule has 5 heteroatoms. The number of nitrogens with two attached hydrogens (primary N) is 1. The number of nitrogens with zero attached hydrogens (tertiary/aromatic N) is 1. The van der Waals surface area contributed by atoms with Crippen molar-refractivity contribution in [3.05, 3.63) is 29.8 Å². The number of benzene rings is 1. The van der Waals surface area contributed by atoms with Crippen LogP contribution in [0.4, 0.5) is 0 Å². The average Bonchev–Trinajstić information content (AvgIpc) is 2.90. The van der Waals surface area contributed by atoms with E-state index in [-0.39, 0.29) is 11.9 Å². The van der Waals surface area contributed by atoms with Gasteiger partial charge in [-0.3, -0.25) is 4.79 Å². The van der Waals surface area contributed by atoms with Crippen molar-refractivity contribution in [1.29, 1.82) is 0 Å². The van der Waals surface area contributed by atoms with Crippen molar-refractivity contribution in [1.82, 2.24) is 4.90 Å². The Balaban J connectivity index is 2.01. The van der Waals surface area contributed by atoms with Gasteiger partial charge in [0.15, 0.2) is 0 Å². The summed E-state index contributed by atoms with van der Waals surface area (Å²) in [7, 11) is 0. The summed E-state index contributed by atoms with van der Waals surface area (Å²) in [5.74, 6) is 0.600. The Morgan fingerprint density at radius 1 is 1.40 bits per heavy atom. The molecule has 1 saturated heterocycles. The van der Waals surface area contributed by atoms with Crippen molar-refractivity contribution in [2.24, 2.45) is 5.73 Å². The second-order valence-corrected chi connectivity index (χ2v) is 4.84. The lowest BCUT2D eigenvalue weighted by molar-refractivity contribution is 0.0779. The molecule has 1 aromatic carbocycles.